The summed E-state index contributed by atoms with van der Waals surface area (Å²) in [5.74, 6) is 1.31. The van der Waals surface area contributed by atoms with Crippen LogP contribution in [-0.4, -0.2) is 61.3 Å². The Labute approximate surface area is 96.9 Å². The van der Waals surface area contributed by atoms with E-state index in [4.69, 9.17) is 4.74 Å². The van der Waals surface area contributed by atoms with E-state index in [1.807, 2.05) is 7.05 Å². The van der Waals surface area contributed by atoms with Crippen LogP contribution in [0.5, 0.6) is 0 Å². The summed E-state index contributed by atoms with van der Waals surface area (Å²) < 4.78 is 5.72. The van der Waals surface area contributed by atoms with Gasteiger partial charge in [0.15, 0.2) is 0 Å². The lowest BCUT2D eigenvalue weighted by Crippen LogP contribution is -2.50. The van der Waals surface area contributed by atoms with Gasteiger partial charge in [0.05, 0.1) is 12.7 Å². The highest BCUT2D eigenvalue weighted by Crippen LogP contribution is 2.30. The molecule has 0 amide bonds. The van der Waals surface area contributed by atoms with Gasteiger partial charge in [-0.3, -0.25) is 4.90 Å². The van der Waals surface area contributed by atoms with Crippen LogP contribution < -0.4 is 5.32 Å². The molecule has 4 heteroatoms. The van der Waals surface area contributed by atoms with Crippen LogP contribution in [0.1, 0.15) is 13.3 Å². The number of ether oxygens (including phenoxy) is 1. The first-order chi connectivity index (χ1) is 7.29. The van der Waals surface area contributed by atoms with E-state index in [1.165, 1.54) is 12.2 Å². The second kappa shape index (κ2) is 5.53. The van der Waals surface area contributed by atoms with Crippen LogP contribution in [0.2, 0.25) is 0 Å². The zero-order valence-corrected chi connectivity index (χ0v) is 10.6. The third-order valence-corrected chi connectivity index (χ3v) is 4.63. The van der Waals surface area contributed by atoms with E-state index in [0.717, 1.165) is 37.5 Å². The molecule has 15 heavy (non-hydrogen) atoms. The van der Waals surface area contributed by atoms with Crippen LogP contribution in [0.3, 0.4) is 0 Å². The molecule has 0 radical (unpaired) electrons. The van der Waals surface area contributed by atoms with Gasteiger partial charge in [-0.05, 0) is 13.5 Å². The van der Waals surface area contributed by atoms with Gasteiger partial charge in [-0.15, -0.1) is 0 Å². The molecule has 1 N–H and O–H groups in total. The minimum Gasteiger partial charge on any atom is -0.374 e. The van der Waals surface area contributed by atoms with E-state index in [1.54, 1.807) is 0 Å². The van der Waals surface area contributed by atoms with E-state index in [-0.39, 0.29) is 0 Å². The minimum absolute atomic E-state index is 0.393. The highest BCUT2D eigenvalue weighted by atomic mass is 32.2. The lowest BCUT2D eigenvalue weighted by atomic mass is 10.1. The molecule has 2 aliphatic rings. The van der Waals surface area contributed by atoms with Crippen molar-refractivity contribution in [2.75, 3.05) is 39.0 Å². The van der Waals surface area contributed by atoms with Gasteiger partial charge in [-0.2, -0.15) is 11.8 Å². The summed E-state index contributed by atoms with van der Waals surface area (Å²) >= 11 is 2.12. The van der Waals surface area contributed by atoms with Crippen LogP contribution in [0.15, 0.2) is 0 Å². The largest absolute Gasteiger partial charge is 0.374 e. The molecule has 0 spiro atoms. The van der Waals surface area contributed by atoms with Crippen LogP contribution in [0.4, 0.5) is 0 Å². The molecule has 0 aromatic heterocycles. The number of hydrogen-bond donors (Lipinski definition) is 1. The molecule has 2 saturated heterocycles. The summed E-state index contributed by atoms with van der Waals surface area (Å²) in [6.45, 7) is 6.46. The lowest BCUT2D eigenvalue weighted by Gasteiger charge is -2.36. The number of thioether (sulfide) groups is 1. The molecular formula is C11H22N2OS. The first-order valence-corrected chi connectivity index (χ1v) is 6.96. The fraction of sp³-hybridized carbons (Fsp3) is 1.00. The van der Waals surface area contributed by atoms with E-state index in [9.17, 15) is 0 Å². The van der Waals surface area contributed by atoms with Gasteiger partial charge in [0.1, 0.15) is 0 Å². The number of nitrogens with one attached hydrogen (secondary N) is 1. The molecule has 0 saturated carbocycles. The molecule has 2 aliphatic heterocycles. The SMILES string of the molecule is CNCC1CN(C2CSC(C)C2)CCO1. The van der Waals surface area contributed by atoms with Crippen molar-refractivity contribution in [2.45, 2.75) is 30.7 Å². The second-order valence-corrected chi connectivity index (χ2v) is 6.05. The van der Waals surface area contributed by atoms with Crippen molar-refractivity contribution in [3.63, 3.8) is 0 Å². The molecule has 3 nitrogen and oxygen atoms in total. The van der Waals surface area contributed by atoms with E-state index >= 15 is 0 Å². The topological polar surface area (TPSA) is 24.5 Å². The molecule has 0 aromatic rings. The Kier molecular flexibility index (Phi) is 4.31. The Balaban J connectivity index is 1.81. The van der Waals surface area contributed by atoms with Crippen molar-refractivity contribution in [3.8, 4) is 0 Å². The third-order valence-electron chi connectivity index (χ3n) is 3.30. The Morgan fingerprint density at radius 1 is 1.53 bits per heavy atom. The van der Waals surface area contributed by atoms with Crippen LogP contribution >= 0.6 is 11.8 Å². The molecule has 0 bridgehead atoms. The number of nitrogens with zero attached hydrogens (tertiary/aromatic N) is 1. The summed E-state index contributed by atoms with van der Waals surface area (Å²) in [6, 6.07) is 0.799. The second-order valence-electron chi connectivity index (χ2n) is 4.58. The van der Waals surface area contributed by atoms with Crippen LogP contribution in [-0.2, 0) is 4.74 Å². The van der Waals surface area contributed by atoms with Crippen molar-refractivity contribution >= 4 is 11.8 Å². The van der Waals surface area contributed by atoms with Crippen molar-refractivity contribution in [2.24, 2.45) is 0 Å². The first-order valence-electron chi connectivity index (χ1n) is 5.91. The monoisotopic (exact) mass is 230 g/mol. The zero-order chi connectivity index (χ0) is 10.7. The molecule has 2 fully saturated rings. The summed E-state index contributed by atoms with van der Waals surface area (Å²) in [7, 11) is 2.00. The average molecular weight is 230 g/mol. The molecule has 88 valence electrons. The van der Waals surface area contributed by atoms with Crippen molar-refractivity contribution in [3.05, 3.63) is 0 Å². The smallest absolute Gasteiger partial charge is 0.0826 e. The van der Waals surface area contributed by atoms with Gasteiger partial charge in [-0.25, -0.2) is 0 Å². The molecule has 2 heterocycles. The van der Waals surface area contributed by atoms with Gasteiger partial charge in [0.2, 0.25) is 0 Å². The molecule has 0 aliphatic carbocycles. The van der Waals surface area contributed by atoms with Crippen molar-refractivity contribution in [1.29, 1.82) is 0 Å². The predicted octanol–water partition coefficient (Wildman–Crippen LogP) is 0.801. The molecular weight excluding hydrogens is 208 g/mol. The third kappa shape index (κ3) is 3.09. The molecule has 3 atom stereocenters. The zero-order valence-electron chi connectivity index (χ0n) is 9.74. The predicted molar refractivity (Wildman–Crippen MR) is 65.6 cm³/mol. The highest BCUT2D eigenvalue weighted by Gasteiger charge is 2.30. The fourth-order valence-electron chi connectivity index (χ4n) is 2.47. The minimum atomic E-state index is 0.393. The van der Waals surface area contributed by atoms with Crippen molar-refractivity contribution in [1.82, 2.24) is 10.2 Å². The maximum absolute atomic E-state index is 5.72. The first kappa shape index (κ1) is 11.7. The van der Waals surface area contributed by atoms with Crippen LogP contribution in [0, 0.1) is 0 Å². The summed E-state index contributed by atoms with van der Waals surface area (Å²) in [5, 5.41) is 4.05. The average Bonchev–Trinajstić information content (AvgIpc) is 2.66. The number of likely N-dealkylation sites (N-methyl/N-ethyl adjacent to an activating group) is 1. The summed E-state index contributed by atoms with van der Waals surface area (Å²) in [4.78, 5) is 2.63. The molecule has 3 unspecified atom stereocenters. The van der Waals surface area contributed by atoms with Gasteiger partial charge < -0.3 is 10.1 Å². The van der Waals surface area contributed by atoms with Gasteiger partial charge in [0.25, 0.3) is 0 Å². The van der Waals surface area contributed by atoms with E-state index in [0.29, 0.717) is 6.10 Å². The molecule has 0 aromatic carbocycles. The van der Waals surface area contributed by atoms with Gasteiger partial charge in [-0.1, -0.05) is 6.92 Å². The van der Waals surface area contributed by atoms with Crippen LogP contribution in [0.25, 0.3) is 0 Å². The standard InChI is InChI=1S/C11H22N2OS/c1-9-5-10(8-15-9)13-3-4-14-11(7-13)6-12-2/h9-12H,3-8H2,1-2H3. The Bertz CT molecular complexity index is 201. The maximum atomic E-state index is 5.72. The summed E-state index contributed by atoms with van der Waals surface area (Å²) in [5.41, 5.74) is 0. The Hall–Kier alpha value is 0.230. The summed E-state index contributed by atoms with van der Waals surface area (Å²) in [6.07, 6.45) is 1.75. The lowest BCUT2D eigenvalue weighted by molar-refractivity contribution is -0.0381. The van der Waals surface area contributed by atoms with E-state index < -0.39 is 0 Å². The fourth-order valence-corrected chi connectivity index (χ4v) is 3.73. The van der Waals surface area contributed by atoms with Gasteiger partial charge >= 0.3 is 0 Å². The van der Waals surface area contributed by atoms with E-state index in [2.05, 4.69) is 28.9 Å². The Morgan fingerprint density at radius 2 is 2.40 bits per heavy atom. The highest BCUT2D eigenvalue weighted by molar-refractivity contribution is 8.00. The Morgan fingerprint density at radius 3 is 3.07 bits per heavy atom. The number of morpholine rings is 1. The van der Waals surface area contributed by atoms with Crippen molar-refractivity contribution < 1.29 is 4.74 Å². The quantitative estimate of drug-likeness (QED) is 0.775. The number of hydrogen-bond acceptors (Lipinski definition) is 4. The molecule has 2 rings (SSSR count). The number of rotatable bonds is 3. The maximum Gasteiger partial charge on any atom is 0.0826 e. The van der Waals surface area contributed by atoms with Gasteiger partial charge in [0, 0.05) is 36.7 Å². The normalized spacial score (nSPS) is 38.4.